The molecule has 0 atom stereocenters. The van der Waals surface area contributed by atoms with E-state index in [2.05, 4.69) is 68.5 Å². The molecule has 0 saturated heterocycles. The molecule has 4 heterocycles. The Morgan fingerprint density at radius 2 is 1.72 bits per heavy atom. The fourth-order valence-electron chi connectivity index (χ4n) is 3.49. The molecule has 0 saturated carbocycles. The molecule has 7 nitrogen and oxygen atoms in total. The highest BCUT2D eigenvalue weighted by atomic mass is 15.1. The molecular weight excluding hydrogens is 362 g/mol. The molecule has 1 N–H and O–H groups in total. The van der Waals surface area contributed by atoms with Crippen LogP contribution < -0.4 is 0 Å². The summed E-state index contributed by atoms with van der Waals surface area (Å²) >= 11 is 0. The second-order valence-corrected chi connectivity index (χ2v) is 8.16. The summed E-state index contributed by atoms with van der Waals surface area (Å²) in [5, 5.41) is 0. The average Bonchev–Trinajstić information content (AvgIpc) is 3.31. The van der Waals surface area contributed by atoms with E-state index in [4.69, 9.17) is 4.98 Å². The van der Waals surface area contributed by atoms with Crippen molar-refractivity contribution in [1.82, 2.24) is 34.5 Å². The van der Waals surface area contributed by atoms with E-state index in [0.29, 0.717) is 0 Å². The Labute approximate surface area is 167 Å². The van der Waals surface area contributed by atoms with Gasteiger partial charge in [-0.2, -0.15) is 0 Å². The SMILES string of the molecule is Cc1ncc(-c2cnc3[nH]cc(-c4ccc5ncn(C(C)(C)C)c5c4)c3n2)cn1. The largest absolute Gasteiger partial charge is 0.344 e. The van der Waals surface area contributed by atoms with Gasteiger partial charge in [-0.1, -0.05) is 6.07 Å². The lowest BCUT2D eigenvalue weighted by Crippen LogP contribution is -2.20. The van der Waals surface area contributed by atoms with Gasteiger partial charge in [-0.25, -0.2) is 24.9 Å². The molecule has 0 aliphatic rings. The fraction of sp³-hybridized carbons (Fsp3) is 0.227. The quantitative estimate of drug-likeness (QED) is 0.485. The molecule has 144 valence electrons. The Hall–Kier alpha value is -3.61. The van der Waals surface area contributed by atoms with Crippen LogP contribution in [-0.2, 0) is 5.54 Å². The van der Waals surface area contributed by atoms with Crippen LogP contribution in [-0.4, -0.2) is 34.5 Å². The Morgan fingerprint density at radius 3 is 2.48 bits per heavy atom. The van der Waals surface area contributed by atoms with Gasteiger partial charge in [0.25, 0.3) is 0 Å². The zero-order valence-corrected chi connectivity index (χ0v) is 16.8. The number of benzene rings is 1. The van der Waals surface area contributed by atoms with E-state index in [0.717, 1.165) is 50.4 Å². The van der Waals surface area contributed by atoms with Crippen LogP contribution in [0.1, 0.15) is 26.6 Å². The Kier molecular flexibility index (Phi) is 3.74. The smallest absolute Gasteiger partial charge is 0.156 e. The molecule has 7 heteroatoms. The van der Waals surface area contributed by atoms with Crippen LogP contribution in [0, 0.1) is 6.92 Å². The van der Waals surface area contributed by atoms with Gasteiger partial charge in [0.15, 0.2) is 5.65 Å². The van der Waals surface area contributed by atoms with Gasteiger partial charge in [-0.3, -0.25) is 0 Å². The highest BCUT2D eigenvalue weighted by molar-refractivity contribution is 5.94. The van der Waals surface area contributed by atoms with Gasteiger partial charge in [-0.15, -0.1) is 0 Å². The molecule has 0 spiro atoms. The van der Waals surface area contributed by atoms with E-state index in [-0.39, 0.29) is 5.54 Å². The molecule has 5 rings (SSSR count). The lowest BCUT2D eigenvalue weighted by atomic mass is 10.1. The van der Waals surface area contributed by atoms with Gasteiger partial charge in [0.05, 0.1) is 29.3 Å². The van der Waals surface area contributed by atoms with Crippen LogP contribution in [0.4, 0.5) is 0 Å². The number of aromatic nitrogens is 7. The van der Waals surface area contributed by atoms with Crippen molar-refractivity contribution in [2.24, 2.45) is 0 Å². The van der Waals surface area contributed by atoms with Crippen molar-refractivity contribution >= 4 is 22.2 Å². The molecule has 0 amide bonds. The zero-order valence-electron chi connectivity index (χ0n) is 16.8. The first-order valence-corrected chi connectivity index (χ1v) is 9.51. The molecule has 29 heavy (non-hydrogen) atoms. The van der Waals surface area contributed by atoms with Gasteiger partial charge in [0, 0.05) is 35.3 Å². The number of fused-ring (bicyclic) bond motifs is 2. The number of aromatic amines is 1. The van der Waals surface area contributed by atoms with Gasteiger partial charge in [0.2, 0.25) is 0 Å². The maximum Gasteiger partial charge on any atom is 0.156 e. The van der Waals surface area contributed by atoms with Crippen molar-refractivity contribution in [3.63, 3.8) is 0 Å². The highest BCUT2D eigenvalue weighted by Crippen LogP contribution is 2.31. The lowest BCUT2D eigenvalue weighted by Gasteiger charge is -2.21. The molecule has 0 unspecified atom stereocenters. The number of nitrogens with zero attached hydrogens (tertiary/aromatic N) is 6. The molecule has 4 aromatic heterocycles. The van der Waals surface area contributed by atoms with Gasteiger partial charge in [-0.05, 0) is 45.4 Å². The van der Waals surface area contributed by atoms with Gasteiger partial charge in [0.1, 0.15) is 11.3 Å². The highest BCUT2D eigenvalue weighted by Gasteiger charge is 2.18. The number of nitrogens with one attached hydrogen (secondary N) is 1. The molecule has 0 aliphatic carbocycles. The van der Waals surface area contributed by atoms with Crippen LogP contribution in [0.15, 0.2) is 49.3 Å². The average molecular weight is 383 g/mol. The molecule has 0 aliphatic heterocycles. The molecule has 0 fully saturated rings. The fourth-order valence-corrected chi connectivity index (χ4v) is 3.49. The summed E-state index contributed by atoms with van der Waals surface area (Å²) in [5.74, 6) is 0.730. The van der Waals surface area contributed by atoms with Crippen molar-refractivity contribution in [2.45, 2.75) is 33.2 Å². The second kappa shape index (κ2) is 6.20. The van der Waals surface area contributed by atoms with Crippen LogP contribution in [0.25, 0.3) is 44.6 Å². The minimum absolute atomic E-state index is 0.0496. The van der Waals surface area contributed by atoms with Gasteiger partial charge >= 0.3 is 0 Å². The number of H-pyrrole nitrogens is 1. The first-order chi connectivity index (χ1) is 13.9. The van der Waals surface area contributed by atoms with E-state index in [1.54, 1.807) is 18.6 Å². The molecule has 0 radical (unpaired) electrons. The molecule has 1 aromatic carbocycles. The van der Waals surface area contributed by atoms with Crippen molar-refractivity contribution in [2.75, 3.05) is 0 Å². The van der Waals surface area contributed by atoms with E-state index >= 15 is 0 Å². The lowest BCUT2D eigenvalue weighted by molar-refractivity contribution is 0.408. The monoisotopic (exact) mass is 383 g/mol. The maximum atomic E-state index is 4.85. The van der Waals surface area contributed by atoms with Crippen molar-refractivity contribution < 1.29 is 0 Å². The summed E-state index contributed by atoms with van der Waals surface area (Å²) in [6.07, 6.45) is 9.16. The third-order valence-corrected chi connectivity index (χ3v) is 5.04. The Morgan fingerprint density at radius 1 is 0.931 bits per heavy atom. The van der Waals surface area contributed by atoms with E-state index in [1.807, 2.05) is 19.4 Å². The number of aryl methyl sites for hydroxylation is 1. The van der Waals surface area contributed by atoms with Crippen LogP contribution >= 0.6 is 0 Å². The summed E-state index contributed by atoms with van der Waals surface area (Å²) < 4.78 is 2.20. The third-order valence-electron chi connectivity index (χ3n) is 5.04. The summed E-state index contributed by atoms with van der Waals surface area (Å²) in [6, 6.07) is 6.30. The van der Waals surface area contributed by atoms with E-state index < -0.39 is 0 Å². The topological polar surface area (TPSA) is 85.2 Å². The summed E-state index contributed by atoms with van der Waals surface area (Å²) in [4.78, 5) is 25.7. The predicted octanol–water partition coefficient (Wildman–Crippen LogP) is 4.50. The van der Waals surface area contributed by atoms with Crippen molar-refractivity contribution in [3.8, 4) is 22.4 Å². The summed E-state index contributed by atoms with van der Waals surface area (Å²) in [6.45, 7) is 8.39. The first-order valence-electron chi connectivity index (χ1n) is 9.51. The zero-order chi connectivity index (χ0) is 20.2. The van der Waals surface area contributed by atoms with E-state index in [1.165, 1.54) is 0 Å². The second-order valence-electron chi connectivity index (χ2n) is 8.16. The van der Waals surface area contributed by atoms with Crippen molar-refractivity contribution in [1.29, 1.82) is 0 Å². The summed E-state index contributed by atoms with van der Waals surface area (Å²) in [7, 11) is 0. The Bertz CT molecular complexity index is 1340. The van der Waals surface area contributed by atoms with Gasteiger partial charge < -0.3 is 9.55 Å². The molecule has 5 aromatic rings. The van der Waals surface area contributed by atoms with Crippen molar-refractivity contribution in [3.05, 3.63) is 55.1 Å². The molecule has 0 bridgehead atoms. The van der Waals surface area contributed by atoms with Crippen LogP contribution in [0.2, 0.25) is 0 Å². The minimum Gasteiger partial charge on any atom is -0.344 e. The normalized spacial score (nSPS) is 12.1. The predicted molar refractivity (Wildman–Crippen MR) is 113 cm³/mol. The standard InChI is InChI=1S/C22H21N7/c1-13-23-8-15(9-24-13)18-11-26-21-20(28-18)16(10-25-21)14-5-6-17-19(7-14)29(12-27-17)22(2,3)4/h5-12H,1-4H3,(H,25,26). The first kappa shape index (κ1) is 17.5. The minimum atomic E-state index is -0.0496. The van der Waals surface area contributed by atoms with Crippen LogP contribution in [0.5, 0.6) is 0 Å². The Balaban J connectivity index is 1.67. The van der Waals surface area contributed by atoms with E-state index in [9.17, 15) is 0 Å². The maximum absolute atomic E-state index is 4.85. The molecular formula is C22H21N7. The summed E-state index contributed by atoms with van der Waals surface area (Å²) in [5.41, 5.74) is 7.27. The van der Waals surface area contributed by atoms with Crippen LogP contribution in [0.3, 0.4) is 0 Å². The third kappa shape index (κ3) is 2.95. The number of imidazole rings is 1. The number of hydrogen-bond donors (Lipinski definition) is 1. The number of hydrogen-bond acceptors (Lipinski definition) is 5. The number of rotatable bonds is 2.